The Labute approximate surface area is 115 Å². The highest BCUT2D eigenvalue weighted by molar-refractivity contribution is 5.34. The van der Waals surface area contributed by atoms with Gasteiger partial charge in [-0.25, -0.2) is 4.39 Å². The van der Waals surface area contributed by atoms with E-state index in [1.165, 1.54) is 0 Å². The largest absolute Gasteiger partial charge is 0.416 e. The van der Waals surface area contributed by atoms with Crippen LogP contribution in [0.2, 0.25) is 0 Å². The number of hydrogen-bond acceptors (Lipinski definition) is 1. The summed E-state index contributed by atoms with van der Waals surface area (Å²) in [6.45, 7) is 0. The van der Waals surface area contributed by atoms with Crippen LogP contribution in [-0.2, 0) is 6.18 Å². The molecule has 0 heterocycles. The minimum atomic E-state index is -4.46. The predicted molar refractivity (Wildman–Crippen MR) is 69.8 cm³/mol. The summed E-state index contributed by atoms with van der Waals surface area (Å²) >= 11 is 0. The second kappa shape index (κ2) is 5.95. The van der Waals surface area contributed by atoms with Gasteiger partial charge in [0.1, 0.15) is 5.82 Å². The van der Waals surface area contributed by atoms with Crippen molar-refractivity contribution in [1.29, 1.82) is 0 Å². The number of halogens is 4. The lowest BCUT2D eigenvalue weighted by Gasteiger charge is -2.24. The van der Waals surface area contributed by atoms with Gasteiger partial charge in [0.2, 0.25) is 0 Å². The van der Waals surface area contributed by atoms with Crippen LogP contribution in [0.1, 0.15) is 42.9 Å². The van der Waals surface area contributed by atoms with Gasteiger partial charge in [-0.15, -0.1) is 0 Å². The van der Waals surface area contributed by atoms with Gasteiger partial charge in [0.05, 0.1) is 11.6 Å². The molecule has 1 atom stereocenters. The quantitative estimate of drug-likeness (QED) is 0.632. The third-order valence-corrected chi connectivity index (χ3v) is 3.62. The van der Waals surface area contributed by atoms with Crippen molar-refractivity contribution in [3.05, 3.63) is 46.8 Å². The van der Waals surface area contributed by atoms with E-state index in [2.05, 4.69) is 5.32 Å². The number of hydrogen-bond donors (Lipinski definition) is 1. The monoisotopic (exact) mass is 287 g/mol. The summed E-state index contributed by atoms with van der Waals surface area (Å²) in [7, 11) is 1.64. The minimum Gasteiger partial charge on any atom is -0.310 e. The molecule has 0 saturated heterocycles. The topological polar surface area (TPSA) is 12.0 Å². The highest BCUT2D eigenvalue weighted by atomic mass is 19.4. The first-order valence-corrected chi connectivity index (χ1v) is 6.66. The fourth-order valence-electron chi connectivity index (χ4n) is 2.61. The van der Waals surface area contributed by atoms with Crippen molar-refractivity contribution in [1.82, 2.24) is 5.32 Å². The van der Waals surface area contributed by atoms with Crippen molar-refractivity contribution in [2.24, 2.45) is 0 Å². The van der Waals surface area contributed by atoms with Crippen LogP contribution in [0, 0.1) is 5.82 Å². The van der Waals surface area contributed by atoms with Crippen LogP contribution in [0.4, 0.5) is 17.6 Å². The van der Waals surface area contributed by atoms with Crippen molar-refractivity contribution in [2.75, 3.05) is 7.05 Å². The molecule has 0 spiro atoms. The average Bonchev–Trinajstić information content (AvgIpc) is 2.41. The van der Waals surface area contributed by atoms with Gasteiger partial charge in [-0.05, 0) is 50.9 Å². The smallest absolute Gasteiger partial charge is 0.310 e. The van der Waals surface area contributed by atoms with Crippen molar-refractivity contribution in [3.63, 3.8) is 0 Å². The Kier molecular flexibility index (Phi) is 4.48. The van der Waals surface area contributed by atoms with Gasteiger partial charge >= 0.3 is 6.18 Å². The number of rotatable bonds is 3. The lowest BCUT2D eigenvalue weighted by molar-refractivity contribution is -0.137. The molecule has 110 valence electrons. The van der Waals surface area contributed by atoms with E-state index in [4.69, 9.17) is 0 Å². The molecule has 2 rings (SSSR count). The van der Waals surface area contributed by atoms with Gasteiger partial charge in [-0.1, -0.05) is 11.6 Å². The molecule has 1 aromatic carbocycles. The van der Waals surface area contributed by atoms with Gasteiger partial charge in [0.15, 0.2) is 0 Å². The molecule has 1 aromatic rings. The van der Waals surface area contributed by atoms with E-state index in [9.17, 15) is 17.6 Å². The molecule has 0 saturated carbocycles. The van der Waals surface area contributed by atoms with Gasteiger partial charge in [0, 0.05) is 5.56 Å². The normalized spacial score (nSPS) is 17.8. The van der Waals surface area contributed by atoms with Crippen molar-refractivity contribution in [3.8, 4) is 0 Å². The number of nitrogens with one attached hydrogen (secondary N) is 1. The number of alkyl halides is 3. The van der Waals surface area contributed by atoms with E-state index in [1.54, 1.807) is 7.05 Å². The summed E-state index contributed by atoms with van der Waals surface area (Å²) in [6.07, 6.45) is 1.30. The Morgan fingerprint density at radius 2 is 1.95 bits per heavy atom. The molecule has 0 amide bonds. The number of likely N-dealkylation sites (N-methyl/N-ethyl adjacent to an activating group) is 1. The molecule has 0 bridgehead atoms. The zero-order chi connectivity index (χ0) is 14.8. The number of allylic oxidation sites excluding steroid dienone is 1. The summed E-state index contributed by atoms with van der Waals surface area (Å²) in [5, 5.41) is 2.93. The standard InChI is InChI=1S/C15H17F4N/c1-20-14(10-5-3-2-4-6-10)12-9-11(15(17,18)19)7-8-13(12)16/h5,7-9,14,20H,2-4,6H2,1H3. The first-order chi connectivity index (χ1) is 9.43. The van der Waals surface area contributed by atoms with E-state index >= 15 is 0 Å². The second-order valence-electron chi connectivity index (χ2n) is 4.98. The minimum absolute atomic E-state index is 0.0653. The Balaban J connectivity index is 2.40. The second-order valence-corrected chi connectivity index (χ2v) is 4.98. The van der Waals surface area contributed by atoms with Crippen molar-refractivity contribution < 1.29 is 17.6 Å². The van der Waals surface area contributed by atoms with Crippen LogP contribution in [0.25, 0.3) is 0 Å². The van der Waals surface area contributed by atoms with E-state index in [0.29, 0.717) is 0 Å². The molecule has 0 radical (unpaired) electrons. The molecule has 5 heteroatoms. The van der Waals surface area contributed by atoms with Gasteiger partial charge in [-0.2, -0.15) is 13.2 Å². The number of benzene rings is 1. The van der Waals surface area contributed by atoms with Gasteiger partial charge in [0.25, 0.3) is 0 Å². The molecule has 20 heavy (non-hydrogen) atoms. The SMILES string of the molecule is CNC(C1=CCCCC1)c1cc(C(F)(F)F)ccc1F. The van der Waals surface area contributed by atoms with E-state index < -0.39 is 23.6 Å². The predicted octanol–water partition coefficient (Wildman–Crippen LogP) is 4.61. The van der Waals surface area contributed by atoms with Crippen molar-refractivity contribution >= 4 is 0 Å². The first kappa shape index (κ1) is 15.0. The summed E-state index contributed by atoms with van der Waals surface area (Å²) < 4.78 is 52.2. The van der Waals surface area contributed by atoms with Crippen LogP contribution in [0.15, 0.2) is 29.8 Å². The summed E-state index contributed by atoms with van der Waals surface area (Å²) in [4.78, 5) is 0. The van der Waals surface area contributed by atoms with E-state index in [-0.39, 0.29) is 5.56 Å². The highest BCUT2D eigenvalue weighted by Crippen LogP contribution is 2.35. The Bertz CT molecular complexity index is 505. The van der Waals surface area contributed by atoms with Crippen LogP contribution >= 0.6 is 0 Å². The Morgan fingerprint density at radius 3 is 2.50 bits per heavy atom. The van der Waals surface area contributed by atoms with Crippen LogP contribution < -0.4 is 5.32 Å². The Hall–Kier alpha value is -1.36. The third-order valence-electron chi connectivity index (χ3n) is 3.62. The average molecular weight is 287 g/mol. The third kappa shape index (κ3) is 3.20. The van der Waals surface area contributed by atoms with Gasteiger partial charge < -0.3 is 5.32 Å². The maximum atomic E-state index is 13.9. The van der Waals surface area contributed by atoms with Crippen LogP contribution in [0.3, 0.4) is 0 Å². The molecule has 1 nitrogen and oxygen atoms in total. The molecular weight excluding hydrogens is 270 g/mol. The first-order valence-electron chi connectivity index (χ1n) is 6.66. The van der Waals surface area contributed by atoms with Crippen molar-refractivity contribution in [2.45, 2.75) is 37.9 Å². The maximum absolute atomic E-state index is 13.9. The van der Waals surface area contributed by atoms with E-state index in [1.807, 2.05) is 6.08 Å². The lowest BCUT2D eigenvalue weighted by atomic mass is 9.89. The molecule has 0 aromatic heterocycles. The van der Waals surface area contributed by atoms with Gasteiger partial charge in [-0.3, -0.25) is 0 Å². The fraction of sp³-hybridized carbons (Fsp3) is 0.467. The molecule has 1 aliphatic rings. The highest BCUT2D eigenvalue weighted by Gasteiger charge is 2.32. The summed E-state index contributed by atoms with van der Waals surface area (Å²) in [6, 6.07) is 2.09. The molecule has 0 fully saturated rings. The molecule has 0 aliphatic heterocycles. The maximum Gasteiger partial charge on any atom is 0.416 e. The molecule has 1 N–H and O–H groups in total. The lowest BCUT2D eigenvalue weighted by Crippen LogP contribution is -2.22. The van der Waals surface area contributed by atoms with Crippen LogP contribution in [-0.4, -0.2) is 7.05 Å². The fourth-order valence-corrected chi connectivity index (χ4v) is 2.61. The zero-order valence-corrected chi connectivity index (χ0v) is 11.2. The Morgan fingerprint density at radius 1 is 1.20 bits per heavy atom. The summed E-state index contributed by atoms with van der Waals surface area (Å²) in [5.41, 5.74) is 0.220. The molecular formula is C15H17F4N. The van der Waals surface area contributed by atoms with E-state index in [0.717, 1.165) is 49.5 Å². The molecule has 1 unspecified atom stereocenters. The summed E-state index contributed by atoms with van der Waals surface area (Å²) in [5.74, 6) is -0.608. The molecule has 1 aliphatic carbocycles. The zero-order valence-electron chi connectivity index (χ0n) is 11.2. The van der Waals surface area contributed by atoms with Crippen LogP contribution in [0.5, 0.6) is 0 Å².